The molecule has 3 aromatic carbocycles. The summed E-state index contributed by atoms with van der Waals surface area (Å²) in [6, 6.07) is 21.2. The van der Waals surface area contributed by atoms with E-state index >= 15 is 0 Å². The second-order valence-corrected chi connectivity index (χ2v) is 7.25. The maximum atomic E-state index is 12.4. The van der Waals surface area contributed by atoms with E-state index in [0.29, 0.717) is 22.6 Å². The summed E-state index contributed by atoms with van der Waals surface area (Å²) in [4.78, 5) is 24.3. The lowest BCUT2D eigenvalue weighted by Crippen LogP contribution is -2.24. The average Bonchev–Trinajstić information content (AvgIpc) is 2.75. The topological polar surface area (TPSA) is 77.0 Å². The van der Waals surface area contributed by atoms with Crippen molar-refractivity contribution in [2.24, 2.45) is 5.10 Å². The summed E-state index contributed by atoms with van der Waals surface area (Å²) in [5.74, 6) is 0.0202. The maximum absolute atomic E-state index is 12.4. The highest BCUT2D eigenvalue weighted by molar-refractivity contribution is 9.10. The lowest BCUT2D eigenvalue weighted by atomic mass is 10.1. The van der Waals surface area contributed by atoms with Crippen LogP contribution in [0.3, 0.4) is 0 Å². The molecule has 0 radical (unpaired) electrons. The molecule has 3 rings (SSSR count). The smallest absolute Gasteiger partial charge is 0.343 e. The Bertz CT molecular complexity index is 1050. The second-order valence-electron chi connectivity index (χ2n) is 6.33. The van der Waals surface area contributed by atoms with E-state index in [1.54, 1.807) is 42.5 Å². The number of hydrogen-bond acceptors (Lipinski definition) is 5. The van der Waals surface area contributed by atoms with Crippen molar-refractivity contribution in [1.29, 1.82) is 0 Å². The van der Waals surface area contributed by atoms with Crippen LogP contribution in [0.15, 0.2) is 82.4 Å². The number of aryl methyl sites for hydroxylation is 1. The molecule has 0 bridgehead atoms. The van der Waals surface area contributed by atoms with Crippen molar-refractivity contribution in [1.82, 2.24) is 5.43 Å². The summed E-state index contributed by atoms with van der Waals surface area (Å²) in [7, 11) is 0. The number of nitrogens with one attached hydrogen (secondary N) is 1. The highest BCUT2D eigenvalue weighted by atomic mass is 79.9. The first-order valence-corrected chi connectivity index (χ1v) is 9.89. The molecule has 0 aromatic heterocycles. The fourth-order valence-electron chi connectivity index (χ4n) is 2.43. The number of rotatable bonds is 7. The van der Waals surface area contributed by atoms with Crippen molar-refractivity contribution in [3.8, 4) is 11.5 Å². The summed E-state index contributed by atoms with van der Waals surface area (Å²) < 4.78 is 11.6. The minimum absolute atomic E-state index is 0.172. The first kappa shape index (κ1) is 21.3. The highest BCUT2D eigenvalue weighted by Gasteiger charge is 2.11. The molecule has 1 N–H and O–H groups in total. The van der Waals surface area contributed by atoms with E-state index in [9.17, 15) is 9.59 Å². The van der Waals surface area contributed by atoms with E-state index in [1.807, 2.05) is 37.3 Å². The molecule has 0 heterocycles. The van der Waals surface area contributed by atoms with Gasteiger partial charge in [-0.25, -0.2) is 10.2 Å². The summed E-state index contributed by atoms with van der Waals surface area (Å²) in [6.07, 6.45) is 1.41. The van der Waals surface area contributed by atoms with Gasteiger partial charge >= 0.3 is 5.97 Å². The SMILES string of the molecule is Cc1ccc(C(=O)Oc2ccc(Br)cc2/C=N/NC(=O)COc2ccccc2)cc1. The fraction of sp³-hybridized carbons (Fsp3) is 0.0870. The predicted octanol–water partition coefficient (Wildman–Crippen LogP) is 4.51. The van der Waals surface area contributed by atoms with Crippen LogP contribution in [0.4, 0.5) is 0 Å². The molecule has 7 heteroatoms. The van der Waals surface area contributed by atoms with Gasteiger partial charge in [0.05, 0.1) is 11.8 Å². The number of para-hydroxylation sites is 1. The number of hydrogen-bond donors (Lipinski definition) is 1. The second kappa shape index (κ2) is 10.4. The molecule has 0 unspecified atom stereocenters. The third-order valence-corrected chi connectivity index (χ3v) is 4.46. The molecule has 0 aliphatic carbocycles. The van der Waals surface area contributed by atoms with Gasteiger partial charge in [-0.15, -0.1) is 0 Å². The van der Waals surface area contributed by atoms with Crippen molar-refractivity contribution in [2.45, 2.75) is 6.92 Å². The van der Waals surface area contributed by atoms with Crippen molar-refractivity contribution < 1.29 is 19.1 Å². The van der Waals surface area contributed by atoms with Crippen molar-refractivity contribution in [3.05, 3.63) is 94.0 Å². The van der Waals surface area contributed by atoms with Gasteiger partial charge in [-0.1, -0.05) is 51.8 Å². The summed E-state index contributed by atoms with van der Waals surface area (Å²) >= 11 is 3.38. The van der Waals surface area contributed by atoms with E-state index in [2.05, 4.69) is 26.5 Å². The van der Waals surface area contributed by atoms with Crippen molar-refractivity contribution in [2.75, 3.05) is 6.61 Å². The number of carbonyl (C=O) groups is 2. The third kappa shape index (κ3) is 6.28. The monoisotopic (exact) mass is 466 g/mol. The van der Waals surface area contributed by atoms with Gasteiger partial charge in [0.15, 0.2) is 6.61 Å². The van der Waals surface area contributed by atoms with Crippen LogP contribution < -0.4 is 14.9 Å². The van der Waals surface area contributed by atoms with Crippen LogP contribution in [0.5, 0.6) is 11.5 Å². The standard InChI is InChI=1S/C23H19BrN2O4/c1-16-7-9-17(10-8-16)23(28)30-21-12-11-19(24)13-18(21)14-25-26-22(27)15-29-20-5-3-2-4-6-20/h2-14H,15H2,1H3,(H,26,27)/b25-14+. The number of halogens is 1. The number of esters is 1. The zero-order valence-electron chi connectivity index (χ0n) is 16.2. The molecule has 0 atom stereocenters. The molecular formula is C23H19BrN2O4. The summed E-state index contributed by atoms with van der Waals surface area (Å²) in [6.45, 7) is 1.77. The lowest BCUT2D eigenvalue weighted by molar-refractivity contribution is -0.123. The van der Waals surface area contributed by atoms with E-state index in [4.69, 9.17) is 9.47 Å². The predicted molar refractivity (Wildman–Crippen MR) is 118 cm³/mol. The van der Waals surface area contributed by atoms with Crippen LogP contribution in [0, 0.1) is 6.92 Å². The summed E-state index contributed by atoms with van der Waals surface area (Å²) in [5.41, 5.74) is 4.40. The first-order valence-electron chi connectivity index (χ1n) is 9.09. The van der Waals surface area contributed by atoms with Gasteiger partial charge in [0.1, 0.15) is 11.5 Å². The lowest BCUT2D eigenvalue weighted by Gasteiger charge is -2.08. The Morgan fingerprint density at radius 3 is 2.50 bits per heavy atom. The fourth-order valence-corrected chi connectivity index (χ4v) is 2.81. The van der Waals surface area contributed by atoms with Crippen LogP contribution in [0.25, 0.3) is 0 Å². The Morgan fingerprint density at radius 1 is 1.03 bits per heavy atom. The number of amides is 1. The van der Waals surface area contributed by atoms with Gasteiger partial charge in [0.25, 0.3) is 5.91 Å². The van der Waals surface area contributed by atoms with Gasteiger partial charge in [-0.3, -0.25) is 4.79 Å². The van der Waals surface area contributed by atoms with Gasteiger partial charge in [0.2, 0.25) is 0 Å². The Labute approximate surface area is 182 Å². The van der Waals surface area contributed by atoms with Crippen molar-refractivity contribution in [3.63, 3.8) is 0 Å². The molecule has 1 amide bonds. The van der Waals surface area contributed by atoms with Gasteiger partial charge in [0, 0.05) is 10.0 Å². The maximum Gasteiger partial charge on any atom is 0.343 e. The molecular weight excluding hydrogens is 448 g/mol. The third-order valence-electron chi connectivity index (χ3n) is 3.97. The van der Waals surface area contributed by atoms with E-state index in [-0.39, 0.29) is 6.61 Å². The van der Waals surface area contributed by atoms with E-state index in [0.717, 1.165) is 10.0 Å². The molecule has 0 aliphatic heterocycles. The van der Waals surface area contributed by atoms with Gasteiger partial charge in [-0.05, 0) is 49.4 Å². The Hall–Kier alpha value is -3.45. The van der Waals surface area contributed by atoms with Crippen LogP contribution in [0.1, 0.15) is 21.5 Å². The van der Waals surface area contributed by atoms with Crippen LogP contribution in [-0.2, 0) is 4.79 Å². The number of hydrazone groups is 1. The van der Waals surface area contributed by atoms with E-state index < -0.39 is 11.9 Å². The average molecular weight is 467 g/mol. The molecule has 0 fully saturated rings. The van der Waals surface area contributed by atoms with Crippen LogP contribution >= 0.6 is 15.9 Å². The zero-order valence-corrected chi connectivity index (χ0v) is 17.8. The molecule has 6 nitrogen and oxygen atoms in total. The largest absolute Gasteiger partial charge is 0.484 e. The first-order chi connectivity index (χ1) is 14.5. The minimum Gasteiger partial charge on any atom is -0.484 e. The molecule has 3 aromatic rings. The Morgan fingerprint density at radius 2 is 1.77 bits per heavy atom. The number of benzene rings is 3. The van der Waals surface area contributed by atoms with Crippen LogP contribution in [0.2, 0.25) is 0 Å². The minimum atomic E-state index is -0.479. The van der Waals surface area contributed by atoms with Gasteiger partial charge < -0.3 is 9.47 Å². The molecule has 30 heavy (non-hydrogen) atoms. The molecule has 0 spiro atoms. The molecule has 0 saturated carbocycles. The van der Waals surface area contributed by atoms with Crippen LogP contribution in [-0.4, -0.2) is 24.7 Å². The van der Waals surface area contributed by atoms with Crippen molar-refractivity contribution >= 4 is 34.0 Å². The summed E-state index contributed by atoms with van der Waals surface area (Å²) in [5, 5.41) is 3.93. The highest BCUT2D eigenvalue weighted by Crippen LogP contribution is 2.23. The Kier molecular flexibility index (Phi) is 7.34. The quantitative estimate of drug-likeness (QED) is 0.240. The number of carbonyl (C=O) groups excluding carboxylic acids is 2. The zero-order chi connectivity index (χ0) is 21.3. The Balaban J connectivity index is 1.62. The van der Waals surface area contributed by atoms with E-state index in [1.165, 1.54) is 6.21 Å². The van der Waals surface area contributed by atoms with Gasteiger partial charge in [-0.2, -0.15) is 5.10 Å². The molecule has 0 aliphatic rings. The number of ether oxygens (including phenoxy) is 2. The molecule has 152 valence electrons. The molecule has 0 saturated heterocycles. The normalized spacial score (nSPS) is 10.6. The number of nitrogens with zero attached hydrogens (tertiary/aromatic N) is 1.